The zero-order chi connectivity index (χ0) is 10.8. The number of sulfone groups is 1. The lowest BCUT2D eigenvalue weighted by molar-refractivity contribution is 0.578. The molecule has 3 nitrogen and oxygen atoms in total. The van der Waals surface area contributed by atoms with Crippen molar-refractivity contribution < 1.29 is 8.42 Å². The van der Waals surface area contributed by atoms with Crippen molar-refractivity contribution in [1.29, 1.82) is 0 Å². The van der Waals surface area contributed by atoms with Crippen LogP contribution in [-0.4, -0.2) is 13.8 Å². The second-order valence-corrected chi connectivity index (χ2v) is 5.55. The summed E-state index contributed by atoms with van der Waals surface area (Å²) in [4.78, 5) is 0.219. The Morgan fingerprint density at radius 1 is 1.36 bits per heavy atom. The monoisotopic (exact) mass is 233 g/mol. The summed E-state index contributed by atoms with van der Waals surface area (Å²) in [6.45, 7) is 1.73. The number of nitrogens with two attached hydrogens (primary N) is 1. The van der Waals surface area contributed by atoms with Gasteiger partial charge in [0.1, 0.15) is 5.37 Å². The summed E-state index contributed by atoms with van der Waals surface area (Å²) in [7, 11) is -3.39. The summed E-state index contributed by atoms with van der Waals surface area (Å²) < 4.78 is 23.4. The maximum atomic E-state index is 11.7. The van der Waals surface area contributed by atoms with E-state index in [4.69, 9.17) is 17.3 Å². The van der Waals surface area contributed by atoms with Crippen LogP contribution in [-0.2, 0) is 9.84 Å². The van der Waals surface area contributed by atoms with Crippen LogP contribution in [0.1, 0.15) is 13.3 Å². The Bertz CT molecular complexity index is 399. The van der Waals surface area contributed by atoms with E-state index in [0.29, 0.717) is 11.4 Å². The molecule has 1 aromatic rings. The van der Waals surface area contributed by atoms with Crippen LogP contribution in [0.25, 0.3) is 0 Å². The largest absolute Gasteiger partial charge is 0.315 e. The molecule has 0 heterocycles. The Morgan fingerprint density at radius 2 is 1.86 bits per heavy atom. The van der Waals surface area contributed by atoms with E-state index in [1.165, 1.54) is 24.3 Å². The minimum Gasteiger partial charge on any atom is -0.315 e. The molecule has 5 heteroatoms. The van der Waals surface area contributed by atoms with E-state index >= 15 is 0 Å². The molecule has 0 radical (unpaired) electrons. The van der Waals surface area contributed by atoms with Crippen LogP contribution in [0.2, 0.25) is 5.02 Å². The number of hydrogen-bond donors (Lipinski definition) is 1. The van der Waals surface area contributed by atoms with Crippen LogP contribution >= 0.6 is 11.6 Å². The summed E-state index contributed by atoms with van der Waals surface area (Å²) in [5, 5.41) is -0.335. The quantitative estimate of drug-likeness (QED) is 0.866. The smallest absolute Gasteiger partial charge is 0.193 e. The van der Waals surface area contributed by atoms with E-state index in [9.17, 15) is 8.42 Å². The van der Waals surface area contributed by atoms with E-state index in [2.05, 4.69) is 0 Å². The van der Waals surface area contributed by atoms with E-state index in [0.717, 1.165) is 0 Å². The molecule has 2 N–H and O–H groups in total. The van der Waals surface area contributed by atoms with Crippen LogP contribution < -0.4 is 5.73 Å². The molecule has 0 aromatic heterocycles. The minimum absolute atomic E-state index is 0.219. The molecule has 1 unspecified atom stereocenters. The van der Waals surface area contributed by atoms with Gasteiger partial charge in [-0.3, -0.25) is 0 Å². The average Bonchev–Trinajstić information content (AvgIpc) is 2.17. The Labute approximate surface area is 88.8 Å². The third kappa shape index (κ3) is 2.26. The molecule has 0 aliphatic rings. The van der Waals surface area contributed by atoms with E-state index in [1.807, 2.05) is 0 Å². The van der Waals surface area contributed by atoms with Crippen LogP contribution in [0.3, 0.4) is 0 Å². The first-order chi connectivity index (χ1) is 6.48. The van der Waals surface area contributed by atoms with Gasteiger partial charge in [0.05, 0.1) is 4.90 Å². The van der Waals surface area contributed by atoms with E-state index in [1.54, 1.807) is 6.92 Å². The van der Waals surface area contributed by atoms with Crippen LogP contribution in [0.4, 0.5) is 0 Å². The van der Waals surface area contributed by atoms with E-state index in [-0.39, 0.29) is 4.90 Å². The van der Waals surface area contributed by atoms with Gasteiger partial charge in [-0.25, -0.2) is 8.42 Å². The van der Waals surface area contributed by atoms with Gasteiger partial charge in [-0.05, 0) is 30.7 Å². The first kappa shape index (κ1) is 11.5. The third-order valence-electron chi connectivity index (χ3n) is 1.94. The lowest BCUT2D eigenvalue weighted by atomic mass is 10.4. The van der Waals surface area contributed by atoms with Crippen molar-refractivity contribution in [1.82, 2.24) is 0 Å². The predicted molar refractivity (Wildman–Crippen MR) is 56.9 cm³/mol. The molecule has 0 spiro atoms. The molecule has 0 saturated carbocycles. The SMILES string of the molecule is CCC(N)S(=O)(=O)c1ccc(Cl)cc1. The number of hydrogen-bond acceptors (Lipinski definition) is 3. The molecule has 78 valence electrons. The van der Waals surface area contributed by atoms with Crippen molar-refractivity contribution in [3.05, 3.63) is 29.3 Å². The summed E-state index contributed by atoms with van der Waals surface area (Å²) >= 11 is 5.65. The zero-order valence-electron chi connectivity index (χ0n) is 7.77. The van der Waals surface area contributed by atoms with Gasteiger partial charge in [0.2, 0.25) is 0 Å². The lowest BCUT2D eigenvalue weighted by Crippen LogP contribution is -2.29. The molecule has 0 amide bonds. The number of halogens is 1. The maximum absolute atomic E-state index is 11.7. The number of rotatable bonds is 3. The average molecular weight is 234 g/mol. The Kier molecular flexibility index (Phi) is 3.53. The van der Waals surface area contributed by atoms with Crippen molar-refractivity contribution in [3.8, 4) is 0 Å². The van der Waals surface area contributed by atoms with Gasteiger partial charge in [-0.1, -0.05) is 18.5 Å². The highest BCUT2D eigenvalue weighted by atomic mass is 35.5. The molecule has 0 aliphatic heterocycles. The Balaban J connectivity index is 3.11. The van der Waals surface area contributed by atoms with Crippen LogP contribution in [0.5, 0.6) is 0 Å². The first-order valence-corrected chi connectivity index (χ1v) is 6.16. The molecule has 1 atom stereocenters. The van der Waals surface area contributed by atoms with Gasteiger partial charge >= 0.3 is 0 Å². The summed E-state index contributed by atoms with van der Waals surface area (Å²) in [6.07, 6.45) is 0.394. The van der Waals surface area contributed by atoms with E-state index < -0.39 is 15.2 Å². The fourth-order valence-corrected chi connectivity index (χ4v) is 2.45. The van der Waals surface area contributed by atoms with Crippen molar-refractivity contribution in [2.75, 3.05) is 0 Å². The topological polar surface area (TPSA) is 60.2 Å². The second kappa shape index (κ2) is 4.29. The van der Waals surface area contributed by atoms with Crippen molar-refractivity contribution in [2.24, 2.45) is 5.73 Å². The summed E-state index contributed by atoms with van der Waals surface area (Å²) in [6, 6.07) is 6.01. The third-order valence-corrected chi connectivity index (χ3v) is 4.25. The van der Waals surface area contributed by atoms with Gasteiger partial charge in [-0.2, -0.15) is 0 Å². The minimum atomic E-state index is -3.39. The Hall–Kier alpha value is -0.580. The molecule has 14 heavy (non-hydrogen) atoms. The fraction of sp³-hybridized carbons (Fsp3) is 0.333. The molecule has 0 fully saturated rings. The van der Waals surface area contributed by atoms with Gasteiger partial charge in [0.15, 0.2) is 9.84 Å². The highest BCUT2D eigenvalue weighted by Crippen LogP contribution is 2.17. The summed E-state index contributed by atoms with van der Waals surface area (Å²) in [5.74, 6) is 0. The molecule has 1 aromatic carbocycles. The molecule has 0 bridgehead atoms. The first-order valence-electron chi connectivity index (χ1n) is 4.23. The van der Waals surface area contributed by atoms with Gasteiger partial charge in [0.25, 0.3) is 0 Å². The fourth-order valence-electron chi connectivity index (χ4n) is 1.02. The molecule has 0 saturated heterocycles. The van der Waals surface area contributed by atoms with Crippen molar-refractivity contribution >= 4 is 21.4 Å². The zero-order valence-corrected chi connectivity index (χ0v) is 9.35. The van der Waals surface area contributed by atoms with Crippen LogP contribution in [0, 0.1) is 0 Å². The normalized spacial score (nSPS) is 13.9. The second-order valence-electron chi connectivity index (χ2n) is 2.95. The molecule has 1 rings (SSSR count). The molecular formula is C9H12ClNO2S. The van der Waals surface area contributed by atoms with Crippen molar-refractivity contribution in [3.63, 3.8) is 0 Å². The number of benzene rings is 1. The predicted octanol–water partition coefficient (Wildman–Crippen LogP) is 1.81. The molecular weight excluding hydrogens is 222 g/mol. The highest BCUT2D eigenvalue weighted by Gasteiger charge is 2.21. The Morgan fingerprint density at radius 3 is 2.29 bits per heavy atom. The summed E-state index contributed by atoms with van der Waals surface area (Å²) in [5.41, 5.74) is 5.50. The highest BCUT2D eigenvalue weighted by molar-refractivity contribution is 7.92. The van der Waals surface area contributed by atoms with Crippen LogP contribution in [0.15, 0.2) is 29.2 Å². The standard InChI is InChI=1S/C9H12ClNO2S/c1-2-9(11)14(12,13)8-5-3-7(10)4-6-8/h3-6,9H,2,11H2,1H3. The van der Waals surface area contributed by atoms with Gasteiger partial charge in [-0.15, -0.1) is 0 Å². The lowest BCUT2D eigenvalue weighted by Gasteiger charge is -2.10. The maximum Gasteiger partial charge on any atom is 0.193 e. The molecule has 0 aliphatic carbocycles. The van der Waals surface area contributed by atoms with Gasteiger partial charge < -0.3 is 5.73 Å². The van der Waals surface area contributed by atoms with Crippen molar-refractivity contribution in [2.45, 2.75) is 23.6 Å². The van der Waals surface area contributed by atoms with Gasteiger partial charge in [0, 0.05) is 5.02 Å².